The lowest BCUT2D eigenvalue weighted by molar-refractivity contribution is 0.102. The maximum Gasteiger partial charge on any atom is 0.257 e. The van der Waals surface area contributed by atoms with E-state index in [0.717, 1.165) is 11.3 Å². The van der Waals surface area contributed by atoms with E-state index in [0.29, 0.717) is 17.2 Å². The number of carbonyl (C=O) groups excluding carboxylic acids is 1. The van der Waals surface area contributed by atoms with Gasteiger partial charge in [0.1, 0.15) is 11.6 Å². The van der Waals surface area contributed by atoms with Crippen LogP contribution in [-0.4, -0.2) is 22.9 Å². The standard InChI is InChI=1S/C14H16N4O/c1-9-4-5-12(16-8-9)18-14(19)11-6-10(2)17-13(7-11)15-3/h4-8H,1-3H3,(H,15,17)(H,16,18,19). The van der Waals surface area contributed by atoms with Crippen molar-refractivity contribution in [2.24, 2.45) is 0 Å². The zero-order valence-corrected chi connectivity index (χ0v) is 11.2. The van der Waals surface area contributed by atoms with Crippen molar-refractivity contribution in [3.63, 3.8) is 0 Å². The smallest absolute Gasteiger partial charge is 0.257 e. The third kappa shape index (κ3) is 3.28. The summed E-state index contributed by atoms with van der Waals surface area (Å²) in [5.41, 5.74) is 2.39. The van der Waals surface area contributed by atoms with E-state index in [4.69, 9.17) is 0 Å². The molecule has 0 radical (unpaired) electrons. The lowest BCUT2D eigenvalue weighted by atomic mass is 10.2. The number of carbonyl (C=O) groups is 1. The Morgan fingerprint density at radius 2 is 1.95 bits per heavy atom. The molecule has 2 aromatic rings. The van der Waals surface area contributed by atoms with E-state index in [1.807, 2.05) is 19.9 Å². The van der Waals surface area contributed by atoms with Crippen molar-refractivity contribution in [2.75, 3.05) is 17.7 Å². The van der Waals surface area contributed by atoms with Crippen LogP contribution in [-0.2, 0) is 0 Å². The van der Waals surface area contributed by atoms with Gasteiger partial charge in [-0.15, -0.1) is 0 Å². The quantitative estimate of drug-likeness (QED) is 0.884. The molecule has 0 aliphatic rings. The summed E-state index contributed by atoms with van der Waals surface area (Å²) in [6.45, 7) is 3.80. The highest BCUT2D eigenvalue weighted by atomic mass is 16.1. The summed E-state index contributed by atoms with van der Waals surface area (Å²) in [5.74, 6) is 1.01. The molecule has 1 amide bonds. The van der Waals surface area contributed by atoms with Crippen molar-refractivity contribution in [1.29, 1.82) is 0 Å². The van der Waals surface area contributed by atoms with Gasteiger partial charge in [0, 0.05) is 24.5 Å². The molecule has 5 heteroatoms. The van der Waals surface area contributed by atoms with Gasteiger partial charge in [-0.1, -0.05) is 6.07 Å². The molecule has 0 aliphatic carbocycles. The van der Waals surface area contributed by atoms with E-state index in [9.17, 15) is 4.79 Å². The predicted octanol–water partition coefficient (Wildman–Crippen LogP) is 2.39. The molecule has 0 bridgehead atoms. The Hall–Kier alpha value is -2.43. The molecule has 5 nitrogen and oxygen atoms in total. The van der Waals surface area contributed by atoms with Gasteiger partial charge in [-0.25, -0.2) is 9.97 Å². The molecule has 0 atom stereocenters. The van der Waals surface area contributed by atoms with E-state index < -0.39 is 0 Å². The van der Waals surface area contributed by atoms with Crippen molar-refractivity contribution >= 4 is 17.5 Å². The predicted molar refractivity (Wildman–Crippen MR) is 75.4 cm³/mol. The lowest BCUT2D eigenvalue weighted by Gasteiger charge is -2.07. The van der Waals surface area contributed by atoms with Crippen LogP contribution in [0, 0.1) is 13.8 Å². The number of aromatic nitrogens is 2. The summed E-state index contributed by atoms with van der Waals surface area (Å²) < 4.78 is 0. The summed E-state index contributed by atoms with van der Waals surface area (Å²) in [6.07, 6.45) is 1.71. The zero-order chi connectivity index (χ0) is 13.8. The molecule has 0 saturated heterocycles. The maximum absolute atomic E-state index is 12.1. The number of amides is 1. The van der Waals surface area contributed by atoms with Gasteiger partial charge >= 0.3 is 0 Å². The van der Waals surface area contributed by atoms with Gasteiger partial charge in [0.15, 0.2) is 0 Å². The van der Waals surface area contributed by atoms with Crippen molar-refractivity contribution in [3.05, 3.63) is 47.3 Å². The average Bonchev–Trinajstić information content (AvgIpc) is 2.40. The van der Waals surface area contributed by atoms with Gasteiger partial charge in [0.25, 0.3) is 5.91 Å². The van der Waals surface area contributed by atoms with Crippen LogP contribution < -0.4 is 10.6 Å². The second-order valence-corrected chi connectivity index (χ2v) is 4.31. The van der Waals surface area contributed by atoms with Crippen LogP contribution in [0.25, 0.3) is 0 Å². The fraction of sp³-hybridized carbons (Fsp3) is 0.214. The first kappa shape index (κ1) is 13.0. The largest absolute Gasteiger partial charge is 0.373 e. The van der Waals surface area contributed by atoms with Crippen LogP contribution in [0.2, 0.25) is 0 Å². The molecule has 0 aliphatic heterocycles. The molecule has 0 fully saturated rings. The number of pyridine rings is 2. The molecule has 0 aromatic carbocycles. The average molecular weight is 256 g/mol. The molecule has 0 unspecified atom stereocenters. The Morgan fingerprint density at radius 1 is 1.16 bits per heavy atom. The number of nitrogens with one attached hydrogen (secondary N) is 2. The van der Waals surface area contributed by atoms with Crippen molar-refractivity contribution in [1.82, 2.24) is 9.97 Å². The van der Waals surface area contributed by atoms with Gasteiger partial charge in [-0.3, -0.25) is 4.79 Å². The molecule has 19 heavy (non-hydrogen) atoms. The highest BCUT2D eigenvalue weighted by Crippen LogP contribution is 2.12. The Labute approximate surface area is 112 Å². The minimum atomic E-state index is -0.196. The SMILES string of the molecule is CNc1cc(C(=O)Nc2ccc(C)cn2)cc(C)n1. The van der Waals surface area contributed by atoms with Crippen LogP contribution in [0.15, 0.2) is 30.5 Å². The van der Waals surface area contributed by atoms with E-state index in [1.54, 1.807) is 31.4 Å². The van der Waals surface area contributed by atoms with Crippen molar-refractivity contribution in [3.8, 4) is 0 Å². The van der Waals surface area contributed by atoms with Crippen molar-refractivity contribution in [2.45, 2.75) is 13.8 Å². The fourth-order valence-corrected chi connectivity index (χ4v) is 1.66. The Balaban J connectivity index is 2.20. The molecular formula is C14H16N4O. The van der Waals surface area contributed by atoms with Crippen LogP contribution in [0.4, 0.5) is 11.6 Å². The van der Waals surface area contributed by atoms with Gasteiger partial charge in [-0.05, 0) is 37.6 Å². The molecule has 2 aromatic heterocycles. The second kappa shape index (κ2) is 5.48. The number of aryl methyl sites for hydroxylation is 2. The highest BCUT2D eigenvalue weighted by molar-refractivity contribution is 6.04. The number of rotatable bonds is 3. The minimum Gasteiger partial charge on any atom is -0.373 e. The molecule has 0 saturated carbocycles. The molecule has 2 rings (SSSR count). The summed E-state index contributed by atoms with van der Waals surface area (Å²) in [6, 6.07) is 7.13. The minimum absolute atomic E-state index is 0.196. The number of hydrogen-bond donors (Lipinski definition) is 2. The van der Waals surface area contributed by atoms with Crippen LogP contribution in [0.1, 0.15) is 21.6 Å². The Morgan fingerprint density at radius 3 is 2.58 bits per heavy atom. The van der Waals surface area contributed by atoms with Gasteiger partial charge in [-0.2, -0.15) is 0 Å². The monoisotopic (exact) mass is 256 g/mol. The van der Waals surface area contributed by atoms with Crippen LogP contribution in [0.5, 0.6) is 0 Å². The Bertz CT molecular complexity index is 593. The molecule has 2 N–H and O–H groups in total. The molecular weight excluding hydrogens is 240 g/mol. The summed E-state index contributed by atoms with van der Waals surface area (Å²) in [5, 5.41) is 5.69. The van der Waals surface area contributed by atoms with E-state index in [1.165, 1.54) is 0 Å². The van der Waals surface area contributed by atoms with E-state index >= 15 is 0 Å². The molecule has 2 heterocycles. The third-order valence-electron chi connectivity index (χ3n) is 2.62. The summed E-state index contributed by atoms with van der Waals surface area (Å²) in [4.78, 5) is 20.5. The Kier molecular flexibility index (Phi) is 3.75. The first-order valence-electron chi connectivity index (χ1n) is 5.99. The molecule has 0 spiro atoms. The van der Waals surface area contributed by atoms with E-state index in [-0.39, 0.29) is 5.91 Å². The first-order chi connectivity index (χ1) is 9.08. The fourth-order valence-electron chi connectivity index (χ4n) is 1.66. The number of anilines is 2. The summed E-state index contributed by atoms with van der Waals surface area (Å²) >= 11 is 0. The topological polar surface area (TPSA) is 66.9 Å². The number of nitrogens with zero attached hydrogens (tertiary/aromatic N) is 2. The van der Waals surface area contributed by atoms with E-state index in [2.05, 4.69) is 20.6 Å². The van der Waals surface area contributed by atoms with Crippen LogP contribution in [0.3, 0.4) is 0 Å². The first-order valence-corrected chi connectivity index (χ1v) is 5.99. The third-order valence-corrected chi connectivity index (χ3v) is 2.62. The lowest BCUT2D eigenvalue weighted by Crippen LogP contribution is -2.14. The van der Waals surface area contributed by atoms with Gasteiger partial charge in [0.2, 0.25) is 0 Å². The van der Waals surface area contributed by atoms with Gasteiger partial charge < -0.3 is 10.6 Å². The van der Waals surface area contributed by atoms with Gasteiger partial charge in [0.05, 0.1) is 0 Å². The number of hydrogen-bond acceptors (Lipinski definition) is 4. The maximum atomic E-state index is 12.1. The second-order valence-electron chi connectivity index (χ2n) is 4.31. The normalized spacial score (nSPS) is 10.1. The van der Waals surface area contributed by atoms with Crippen LogP contribution >= 0.6 is 0 Å². The zero-order valence-electron chi connectivity index (χ0n) is 11.2. The molecule has 98 valence electrons. The summed E-state index contributed by atoms with van der Waals surface area (Å²) in [7, 11) is 1.77. The van der Waals surface area contributed by atoms with Crippen molar-refractivity contribution < 1.29 is 4.79 Å². The highest BCUT2D eigenvalue weighted by Gasteiger charge is 2.09.